The minimum absolute atomic E-state index is 0.0437. The molecular weight excluding hydrogens is 228 g/mol. The minimum atomic E-state index is -0.499. The summed E-state index contributed by atoms with van der Waals surface area (Å²) in [4.78, 5) is 0. The second-order valence-corrected chi connectivity index (χ2v) is 7.87. The Kier molecular flexibility index (Phi) is 2.51. The monoisotopic (exact) mass is 254 g/mol. The third kappa shape index (κ3) is 1.67. The van der Waals surface area contributed by atoms with E-state index in [0.717, 1.165) is 26.1 Å². The van der Waals surface area contributed by atoms with E-state index in [9.17, 15) is 0 Å². The van der Waals surface area contributed by atoms with E-state index < -0.39 is 5.79 Å². The van der Waals surface area contributed by atoms with E-state index in [4.69, 9.17) is 14.2 Å². The molecular formula is C15H26O3. The second-order valence-electron chi connectivity index (χ2n) is 7.87. The fourth-order valence-corrected chi connectivity index (χ4v) is 3.80. The van der Waals surface area contributed by atoms with E-state index in [1.807, 2.05) is 0 Å². The molecule has 18 heavy (non-hydrogen) atoms. The van der Waals surface area contributed by atoms with E-state index in [0.29, 0.717) is 5.92 Å². The average Bonchev–Trinajstić information content (AvgIpc) is 2.23. The maximum absolute atomic E-state index is 6.37. The number of fused-ring (bicyclic) bond motifs is 2. The first-order valence-corrected chi connectivity index (χ1v) is 7.16. The van der Waals surface area contributed by atoms with E-state index in [-0.39, 0.29) is 16.6 Å². The highest BCUT2D eigenvalue weighted by molar-refractivity contribution is 5.09. The summed E-state index contributed by atoms with van der Waals surface area (Å²) in [6.45, 7) is 12.5. The van der Waals surface area contributed by atoms with Gasteiger partial charge >= 0.3 is 0 Å². The first kappa shape index (κ1) is 12.9. The summed E-state index contributed by atoms with van der Waals surface area (Å²) >= 11 is 0. The Morgan fingerprint density at radius 2 is 1.56 bits per heavy atom. The lowest BCUT2D eigenvalue weighted by Gasteiger charge is -2.64. The first-order valence-electron chi connectivity index (χ1n) is 7.16. The molecule has 1 spiro atoms. The quantitative estimate of drug-likeness (QED) is 0.664. The van der Waals surface area contributed by atoms with Crippen LogP contribution in [0.2, 0.25) is 0 Å². The van der Waals surface area contributed by atoms with Crippen molar-refractivity contribution in [2.24, 2.45) is 11.3 Å². The first-order chi connectivity index (χ1) is 8.18. The van der Waals surface area contributed by atoms with Crippen LogP contribution in [0.3, 0.4) is 0 Å². The fraction of sp³-hybridized carbons (Fsp3) is 1.00. The van der Waals surface area contributed by atoms with Gasteiger partial charge in [-0.05, 0) is 39.5 Å². The van der Waals surface area contributed by atoms with Gasteiger partial charge in [-0.15, -0.1) is 0 Å². The standard InChI is InChI=1S/C15H26O3/c1-12(2)9-16-15(17-10-12)8-11-6-7-14(15,5)18-13(11,3)4/h11H,6-10H2,1-5H3. The van der Waals surface area contributed by atoms with Crippen LogP contribution in [-0.4, -0.2) is 30.2 Å². The van der Waals surface area contributed by atoms with Crippen LogP contribution in [0.1, 0.15) is 53.9 Å². The van der Waals surface area contributed by atoms with Crippen LogP contribution in [0.5, 0.6) is 0 Å². The maximum atomic E-state index is 6.37. The van der Waals surface area contributed by atoms with E-state index in [1.165, 1.54) is 6.42 Å². The van der Waals surface area contributed by atoms with Gasteiger partial charge in [-0.2, -0.15) is 0 Å². The Morgan fingerprint density at radius 3 is 2.06 bits per heavy atom. The number of ether oxygens (including phenoxy) is 3. The van der Waals surface area contributed by atoms with Gasteiger partial charge in [-0.3, -0.25) is 0 Å². The van der Waals surface area contributed by atoms with Gasteiger partial charge < -0.3 is 14.2 Å². The van der Waals surface area contributed by atoms with Gasteiger partial charge in [-0.25, -0.2) is 0 Å². The van der Waals surface area contributed by atoms with Crippen LogP contribution in [0, 0.1) is 11.3 Å². The number of hydrogen-bond acceptors (Lipinski definition) is 3. The normalized spacial score (nSPS) is 44.2. The van der Waals surface area contributed by atoms with Gasteiger partial charge in [-0.1, -0.05) is 13.8 Å². The predicted octanol–water partition coefficient (Wildman–Crippen LogP) is 3.12. The highest BCUT2D eigenvalue weighted by atomic mass is 16.7. The summed E-state index contributed by atoms with van der Waals surface area (Å²) in [6, 6.07) is 0. The molecule has 3 nitrogen and oxygen atoms in total. The van der Waals surface area contributed by atoms with Crippen molar-refractivity contribution in [3.05, 3.63) is 0 Å². The molecule has 0 N–H and O–H groups in total. The summed E-state index contributed by atoms with van der Waals surface area (Å²) in [5.74, 6) is 0.0431. The Hall–Kier alpha value is -0.120. The number of hydrogen-bond donors (Lipinski definition) is 0. The number of rotatable bonds is 0. The molecule has 104 valence electrons. The van der Waals surface area contributed by atoms with Crippen molar-refractivity contribution in [2.75, 3.05) is 13.2 Å². The van der Waals surface area contributed by atoms with Crippen molar-refractivity contribution in [1.29, 1.82) is 0 Å². The molecule has 0 aromatic rings. The molecule has 3 heterocycles. The molecule has 2 unspecified atom stereocenters. The third-order valence-electron chi connectivity index (χ3n) is 5.15. The third-order valence-corrected chi connectivity index (χ3v) is 5.15. The Morgan fingerprint density at radius 1 is 0.944 bits per heavy atom. The zero-order valence-corrected chi connectivity index (χ0v) is 12.3. The van der Waals surface area contributed by atoms with E-state index in [1.54, 1.807) is 0 Å². The van der Waals surface area contributed by atoms with Crippen molar-refractivity contribution < 1.29 is 14.2 Å². The van der Waals surface area contributed by atoms with E-state index >= 15 is 0 Å². The van der Waals surface area contributed by atoms with Crippen LogP contribution < -0.4 is 0 Å². The molecule has 3 saturated heterocycles. The summed E-state index contributed by atoms with van der Waals surface area (Å²) in [6.07, 6.45) is 3.25. The highest BCUT2D eigenvalue weighted by Gasteiger charge is 2.65. The topological polar surface area (TPSA) is 27.7 Å². The van der Waals surface area contributed by atoms with Crippen LogP contribution in [0.15, 0.2) is 0 Å². The molecule has 2 atom stereocenters. The van der Waals surface area contributed by atoms with Gasteiger partial charge in [0.2, 0.25) is 0 Å². The lowest BCUT2D eigenvalue weighted by atomic mass is 9.65. The Labute approximate surface area is 110 Å². The molecule has 0 aromatic heterocycles. The maximum Gasteiger partial charge on any atom is 0.197 e. The fourth-order valence-electron chi connectivity index (χ4n) is 3.80. The van der Waals surface area contributed by atoms with Crippen molar-refractivity contribution in [3.8, 4) is 0 Å². The Bertz CT molecular complexity index is 351. The van der Waals surface area contributed by atoms with E-state index in [2.05, 4.69) is 34.6 Å². The molecule has 1 aliphatic carbocycles. The molecule has 4 rings (SSSR count). The van der Waals surface area contributed by atoms with Crippen molar-refractivity contribution in [1.82, 2.24) is 0 Å². The second kappa shape index (κ2) is 3.50. The van der Waals surface area contributed by atoms with Crippen molar-refractivity contribution >= 4 is 0 Å². The molecule has 0 amide bonds. The summed E-state index contributed by atoms with van der Waals surface area (Å²) in [5.41, 5.74) is -0.215. The smallest absolute Gasteiger partial charge is 0.197 e. The minimum Gasteiger partial charge on any atom is -0.364 e. The zero-order chi connectivity index (χ0) is 13.2. The van der Waals surface area contributed by atoms with Crippen LogP contribution >= 0.6 is 0 Å². The van der Waals surface area contributed by atoms with Gasteiger partial charge in [0.25, 0.3) is 0 Å². The molecule has 3 heteroatoms. The molecule has 1 saturated carbocycles. The van der Waals surface area contributed by atoms with Crippen molar-refractivity contribution in [2.45, 2.75) is 70.9 Å². The highest BCUT2D eigenvalue weighted by Crippen LogP contribution is 2.57. The van der Waals surface area contributed by atoms with Gasteiger partial charge in [0.15, 0.2) is 5.79 Å². The molecule has 4 fully saturated rings. The average molecular weight is 254 g/mol. The molecule has 4 aliphatic rings. The van der Waals surface area contributed by atoms with Crippen LogP contribution in [0.4, 0.5) is 0 Å². The van der Waals surface area contributed by atoms with Crippen molar-refractivity contribution in [3.63, 3.8) is 0 Å². The summed E-state index contributed by atoms with van der Waals surface area (Å²) in [5, 5.41) is 0. The lowest BCUT2D eigenvalue weighted by molar-refractivity contribution is -0.429. The molecule has 3 aliphatic heterocycles. The van der Waals surface area contributed by atoms with Crippen LogP contribution in [0.25, 0.3) is 0 Å². The zero-order valence-electron chi connectivity index (χ0n) is 12.3. The molecule has 0 aromatic carbocycles. The van der Waals surface area contributed by atoms with Gasteiger partial charge in [0.05, 0.1) is 18.8 Å². The molecule has 2 bridgehead atoms. The lowest BCUT2D eigenvalue weighted by Crippen LogP contribution is -2.72. The van der Waals surface area contributed by atoms with Gasteiger partial charge in [0.1, 0.15) is 5.60 Å². The SMILES string of the molecule is CC1(C)COC2(CC3CCC2(C)OC3(C)C)OC1. The predicted molar refractivity (Wildman–Crippen MR) is 69.3 cm³/mol. The molecule has 0 radical (unpaired) electrons. The van der Waals surface area contributed by atoms with Crippen LogP contribution in [-0.2, 0) is 14.2 Å². The van der Waals surface area contributed by atoms with Gasteiger partial charge in [0, 0.05) is 11.8 Å². The Balaban J connectivity index is 1.87. The summed E-state index contributed by atoms with van der Waals surface area (Å²) < 4.78 is 18.8. The largest absolute Gasteiger partial charge is 0.364 e. The summed E-state index contributed by atoms with van der Waals surface area (Å²) in [7, 11) is 0.